The number of pyridine rings is 1. The highest BCUT2D eigenvalue weighted by Gasteiger charge is 2.14. The monoisotopic (exact) mass is 412 g/mol. The second-order valence-electron chi connectivity index (χ2n) is 5.59. The van der Waals surface area contributed by atoms with Crippen LogP contribution in [0.3, 0.4) is 0 Å². The molecule has 1 amide bonds. The summed E-state index contributed by atoms with van der Waals surface area (Å²) in [6, 6.07) is 17.6. The summed E-state index contributed by atoms with van der Waals surface area (Å²) >= 11 is 3.37. The zero-order valence-corrected chi connectivity index (χ0v) is 15.4. The van der Waals surface area contributed by atoms with E-state index in [-0.39, 0.29) is 17.5 Å². The number of benzene rings is 2. The summed E-state index contributed by atoms with van der Waals surface area (Å²) in [6.07, 6.45) is 2.20. The van der Waals surface area contributed by atoms with Crippen LogP contribution in [0, 0.1) is 0 Å². The van der Waals surface area contributed by atoms with Crippen LogP contribution < -0.4 is 10.1 Å². The molecule has 0 bridgehead atoms. The fraction of sp³-hybridized carbons (Fsp3) is 0.100. The van der Waals surface area contributed by atoms with Gasteiger partial charge < -0.3 is 15.2 Å². The third-order valence-corrected chi connectivity index (χ3v) is 4.18. The maximum atomic E-state index is 12.5. The van der Waals surface area contributed by atoms with E-state index in [1.807, 2.05) is 18.2 Å². The van der Waals surface area contributed by atoms with Crippen LogP contribution in [-0.2, 0) is 6.42 Å². The second kappa shape index (κ2) is 8.49. The maximum Gasteiger partial charge on any atom is 0.256 e. The highest BCUT2D eigenvalue weighted by Crippen LogP contribution is 2.24. The number of aromatic nitrogens is 1. The Labute approximate surface area is 159 Å². The van der Waals surface area contributed by atoms with Crippen molar-refractivity contribution < 1.29 is 14.6 Å². The molecule has 0 aliphatic rings. The molecule has 0 spiro atoms. The summed E-state index contributed by atoms with van der Waals surface area (Å²) < 4.78 is 6.68. The summed E-state index contributed by atoms with van der Waals surface area (Å²) in [7, 11) is 0. The normalized spacial score (nSPS) is 10.3. The Morgan fingerprint density at radius 1 is 1.12 bits per heavy atom. The zero-order valence-electron chi connectivity index (χ0n) is 13.9. The van der Waals surface area contributed by atoms with Crippen LogP contribution in [0.2, 0.25) is 0 Å². The minimum Gasteiger partial charge on any atom is -0.508 e. The van der Waals surface area contributed by atoms with E-state index in [0.29, 0.717) is 24.3 Å². The van der Waals surface area contributed by atoms with E-state index in [0.717, 1.165) is 10.0 Å². The maximum absolute atomic E-state index is 12.5. The number of amides is 1. The van der Waals surface area contributed by atoms with E-state index < -0.39 is 0 Å². The SMILES string of the molecule is O=C(NCCc1cccc(O)c1)c1cccnc1Oc1ccc(Br)cc1. The Morgan fingerprint density at radius 2 is 1.92 bits per heavy atom. The largest absolute Gasteiger partial charge is 0.508 e. The summed E-state index contributed by atoms with van der Waals surface area (Å²) in [5.41, 5.74) is 1.31. The standard InChI is InChI=1S/C20H17BrN2O3/c21-15-6-8-17(9-7-15)26-20-18(5-2-11-23-20)19(25)22-12-10-14-3-1-4-16(24)13-14/h1-9,11,13,24H,10,12H2,(H,22,25). The number of nitrogens with one attached hydrogen (secondary N) is 1. The number of phenols is 1. The summed E-state index contributed by atoms with van der Waals surface area (Å²) in [4.78, 5) is 16.6. The van der Waals surface area contributed by atoms with Crippen molar-refractivity contribution in [2.45, 2.75) is 6.42 Å². The van der Waals surface area contributed by atoms with Crippen molar-refractivity contribution in [1.82, 2.24) is 10.3 Å². The summed E-state index contributed by atoms with van der Waals surface area (Å²) in [6.45, 7) is 0.439. The van der Waals surface area contributed by atoms with E-state index in [1.165, 1.54) is 0 Å². The number of halogens is 1. The van der Waals surface area contributed by atoms with Crippen LogP contribution in [0.5, 0.6) is 17.4 Å². The molecule has 0 saturated heterocycles. The molecule has 0 aliphatic carbocycles. The lowest BCUT2D eigenvalue weighted by Gasteiger charge is -2.10. The fourth-order valence-corrected chi connectivity index (χ4v) is 2.65. The molecule has 0 aliphatic heterocycles. The Balaban J connectivity index is 1.64. The highest BCUT2D eigenvalue weighted by atomic mass is 79.9. The summed E-state index contributed by atoms with van der Waals surface area (Å²) in [5, 5.41) is 12.3. The molecule has 0 saturated carbocycles. The number of phenolic OH excluding ortho intramolecular Hbond substituents is 1. The predicted octanol–water partition coefficient (Wildman–Crippen LogP) is 4.31. The highest BCUT2D eigenvalue weighted by molar-refractivity contribution is 9.10. The first kappa shape index (κ1) is 17.9. The van der Waals surface area contributed by atoms with Gasteiger partial charge in [0.25, 0.3) is 5.91 Å². The lowest BCUT2D eigenvalue weighted by molar-refractivity contribution is 0.0951. The number of ether oxygens (including phenoxy) is 1. The van der Waals surface area contributed by atoms with Crippen LogP contribution in [0.4, 0.5) is 0 Å². The molecule has 3 rings (SSSR count). The summed E-state index contributed by atoms with van der Waals surface area (Å²) in [5.74, 6) is 0.807. The number of hydrogen-bond acceptors (Lipinski definition) is 4. The van der Waals surface area contributed by atoms with Crippen molar-refractivity contribution >= 4 is 21.8 Å². The molecule has 1 heterocycles. The minimum absolute atomic E-state index is 0.214. The molecule has 2 aromatic carbocycles. The van der Waals surface area contributed by atoms with Crippen molar-refractivity contribution in [3.63, 3.8) is 0 Å². The molecule has 6 heteroatoms. The van der Waals surface area contributed by atoms with Gasteiger partial charge in [0.1, 0.15) is 17.1 Å². The first-order valence-electron chi connectivity index (χ1n) is 8.06. The number of carbonyl (C=O) groups excluding carboxylic acids is 1. The van der Waals surface area contributed by atoms with E-state index in [2.05, 4.69) is 26.2 Å². The van der Waals surface area contributed by atoms with Gasteiger partial charge in [0.2, 0.25) is 5.88 Å². The molecular formula is C20H17BrN2O3. The first-order chi connectivity index (χ1) is 12.6. The zero-order chi connectivity index (χ0) is 18.4. The van der Waals surface area contributed by atoms with Crippen molar-refractivity contribution in [3.05, 3.63) is 82.5 Å². The number of rotatable bonds is 6. The van der Waals surface area contributed by atoms with Crippen molar-refractivity contribution in [3.8, 4) is 17.4 Å². The predicted molar refractivity (Wildman–Crippen MR) is 103 cm³/mol. The Morgan fingerprint density at radius 3 is 2.69 bits per heavy atom. The Hall–Kier alpha value is -2.86. The average molecular weight is 413 g/mol. The smallest absolute Gasteiger partial charge is 0.256 e. The minimum atomic E-state index is -0.259. The molecular weight excluding hydrogens is 396 g/mol. The fourth-order valence-electron chi connectivity index (χ4n) is 2.39. The molecule has 0 fully saturated rings. The lowest BCUT2D eigenvalue weighted by Crippen LogP contribution is -2.26. The molecule has 0 atom stereocenters. The van der Waals surface area contributed by atoms with Crippen LogP contribution in [0.1, 0.15) is 15.9 Å². The van der Waals surface area contributed by atoms with Gasteiger partial charge in [0, 0.05) is 17.2 Å². The quantitative estimate of drug-likeness (QED) is 0.632. The van der Waals surface area contributed by atoms with E-state index >= 15 is 0 Å². The second-order valence-corrected chi connectivity index (χ2v) is 6.50. The molecule has 2 N–H and O–H groups in total. The molecule has 132 valence electrons. The average Bonchev–Trinajstić information content (AvgIpc) is 2.64. The Bertz CT molecular complexity index is 898. The van der Waals surface area contributed by atoms with Crippen LogP contribution in [-0.4, -0.2) is 22.5 Å². The van der Waals surface area contributed by atoms with Gasteiger partial charge in [0.05, 0.1) is 0 Å². The number of aromatic hydroxyl groups is 1. The molecule has 3 aromatic rings. The van der Waals surface area contributed by atoms with Crippen molar-refractivity contribution in [2.24, 2.45) is 0 Å². The van der Waals surface area contributed by atoms with Crippen LogP contribution >= 0.6 is 15.9 Å². The lowest BCUT2D eigenvalue weighted by atomic mass is 10.1. The molecule has 1 aromatic heterocycles. The first-order valence-corrected chi connectivity index (χ1v) is 8.85. The molecule has 0 unspecified atom stereocenters. The van der Waals surface area contributed by atoms with Gasteiger partial charge in [-0.15, -0.1) is 0 Å². The van der Waals surface area contributed by atoms with Gasteiger partial charge in [-0.25, -0.2) is 4.98 Å². The van der Waals surface area contributed by atoms with Crippen LogP contribution in [0.15, 0.2) is 71.3 Å². The topological polar surface area (TPSA) is 71.5 Å². The van der Waals surface area contributed by atoms with Gasteiger partial charge in [0.15, 0.2) is 0 Å². The molecule has 5 nitrogen and oxygen atoms in total. The van der Waals surface area contributed by atoms with Gasteiger partial charge in [-0.2, -0.15) is 0 Å². The van der Waals surface area contributed by atoms with Crippen LogP contribution in [0.25, 0.3) is 0 Å². The third kappa shape index (κ3) is 4.83. The molecule has 0 radical (unpaired) electrons. The van der Waals surface area contributed by atoms with E-state index in [4.69, 9.17) is 4.74 Å². The number of nitrogens with zero attached hydrogens (tertiary/aromatic N) is 1. The van der Waals surface area contributed by atoms with Gasteiger partial charge in [-0.1, -0.05) is 28.1 Å². The van der Waals surface area contributed by atoms with Crippen molar-refractivity contribution in [1.29, 1.82) is 0 Å². The van der Waals surface area contributed by atoms with E-state index in [9.17, 15) is 9.90 Å². The third-order valence-electron chi connectivity index (χ3n) is 3.65. The number of carbonyl (C=O) groups is 1. The van der Waals surface area contributed by atoms with Crippen molar-refractivity contribution in [2.75, 3.05) is 6.54 Å². The van der Waals surface area contributed by atoms with Gasteiger partial charge >= 0.3 is 0 Å². The molecule has 26 heavy (non-hydrogen) atoms. The van der Waals surface area contributed by atoms with Gasteiger partial charge in [-0.3, -0.25) is 4.79 Å². The van der Waals surface area contributed by atoms with Gasteiger partial charge in [-0.05, 0) is 60.5 Å². The van der Waals surface area contributed by atoms with E-state index in [1.54, 1.807) is 48.7 Å². The number of hydrogen-bond donors (Lipinski definition) is 2. The Kier molecular flexibility index (Phi) is 5.86.